The molecule has 4 nitrogen and oxygen atoms in total. The van der Waals surface area contributed by atoms with E-state index < -0.39 is 0 Å². The first-order valence-corrected chi connectivity index (χ1v) is 21.0. The molecule has 0 saturated carbocycles. The van der Waals surface area contributed by atoms with E-state index in [4.69, 9.17) is 11.5 Å². The van der Waals surface area contributed by atoms with E-state index in [0.717, 1.165) is 0 Å². The highest BCUT2D eigenvalue weighted by Gasteiger charge is 2.35. The van der Waals surface area contributed by atoms with E-state index in [0.29, 0.717) is 8.10 Å². The lowest BCUT2D eigenvalue weighted by Gasteiger charge is -2.43. The van der Waals surface area contributed by atoms with Crippen LogP contribution in [0, 0.1) is 0 Å². The zero-order valence-electron chi connectivity index (χ0n) is 27.9. The smallest absolute Gasteiger partial charge is 0.0855 e. The van der Waals surface area contributed by atoms with E-state index in [2.05, 4.69) is 104 Å². The minimum atomic E-state index is 0.0925. The second-order valence-corrected chi connectivity index (χ2v) is 17.0. The molecule has 0 bridgehead atoms. The summed E-state index contributed by atoms with van der Waals surface area (Å²) in [6, 6.07) is 18.0. The van der Waals surface area contributed by atoms with E-state index in [9.17, 15) is 0 Å². The molecule has 46 heavy (non-hydrogen) atoms. The van der Waals surface area contributed by atoms with Crippen molar-refractivity contribution in [3.8, 4) is 0 Å². The van der Waals surface area contributed by atoms with E-state index in [-0.39, 0.29) is 12.1 Å². The Morgan fingerprint density at radius 2 is 0.870 bits per heavy atom. The number of unbranched alkanes of at least 4 members (excludes halogenated alkanes) is 9. The minimum Gasteiger partial charge on any atom is -0.332 e. The van der Waals surface area contributed by atoms with Crippen LogP contribution in [-0.2, 0) is 0 Å². The summed E-state index contributed by atoms with van der Waals surface area (Å²) in [5.41, 5.74) is 25.0. The lowest BCUT2D eigenvalue weighted by atomic mass is 9.83. The highest BCUT2D eigenvalue weighted by atomic mass is 127. The number of hydrogen-bond donors (Lipinski definition) is 2. The van der Waals surface area contributed by atoms with Gasteiger partial charge in [-0.05, 0) is 98.6 Å². The van der Waals surface area contributed by atoms with Gasteiger partial charge in [0.25, 0.3) is 0 Å². The predicted molar refractivity (Wildman–Crippen MR) is 214 cm³/mol. The Morgan fingerprint density at radius 3 is 1.28 bits per heavy atom. The predicted octanol–water partition coefficient (Wildman–Crippen LogP) is 11.9. The largest absolute Gasteiger partial charge is 0.332 e. The number of nitrogens with zero attached hydrogens (tertiary/aromatic N) is 2. The number of anilines is 2. The van der Waals surface area contributed by atoms with Crippen LogP contribution in [0.3, 0.4) is 0 Å². The third-order valence-corrected chi connectivity index (χ3v) is 13.4. The van der Waals surface area contributed by atoms with Gasteiger partial charge in [-0.15, -0.1) is 0 Å². The molecule has 0 amide bonds. The van der Waals surface area contributed by atoms with Crippen LogP contribution in [0.2, 0.25) is 0 Å². The molecular formula is C40H56I2N4. The van der Waals surface area contributed by atoms with Crippen molar-refractivity contribution < 1.29 is 0 Å². The molecule has 2 heterocycles. The van der Waals surface area contributed by atoms with Crippen molar-refractivity contribution in [1.82, 2.24) is 0 Å². The van der Waals surface area contributed by atoms with Gasteiger partial charge in [0.15, 0.2) is 0 Å². The third-order valence-electron chi connectivity index (χ3n) is 11.1. The van der Waals surface area contributed by atoms with Crippen LogP contribution in [0.1, 0.15) is 152 Å². The summed E-state index contributed by atoms with van der Waals surface area (Å²) in [4.78, 5) is 5.33. The van der Waals surface area contributed by atoms with Gasteiger partial charge in [-0.3, -0.25) is 0 Å². The molecule has 2 aromatic rings. The van der Waals surface area contributed by atoms with Crippen molar-refractivity contribution >= 4 is 56.6 Å². The monoisotopic (exact) mass is 846 g/mol. The number of benzene rings is 2. The fourth-order valence-electron chi connectivity index (χ4n) is 8.59. The minimum absolute atomic E-state index is 0.0925. The molecule has 250 valence electrons. The van der Waals surface area contributed by atoms with Gasteiger partial charge in [0.2, 0.25) is 0 Å². The summed E-state index contributed by atoms with van der Waals surface area (Å²) in [6.07, 6.45) is 26.1. The molecule has 2 aliphatic carbocycles. The van der Waals surface area contributed by atoms with Gasteiger partial charge in [0.05, 0.1) is 20.2 Å². The Morgan fingerprint density at radius 1 is 0.522 bits per heavy atom. The first-order chi connectivity index (χ1) is 22.6. The van der Waals surface area contributed by atoms with Crippen molar-refractivity contribution in [2.24, 2.45) is 11.5 Å². The van der Waals surface area contributed by atoms with Crippen LogP contribution in [0.4, 0.5) is 11.4 Å². The number of allylic oxidation sites excluding steroid dienone is 2. The maximum absolute atomic E-state index is 6.76. The molecule has 4 unspecified atom stereocenters. The van der Waals surface area contributed by atoms with E-state index >= 15 is 0 Å². The zero-order chi connectivity index (χ0) is 31.9. The molecule has 6 rings (SSSR count). The Bertz CT molecular complexity index is 1270. The molecular weight excluding hydrogens is 790 g/mol. The first-order valence-electron chi connectivity index (χ1n) is 18.6. The Balaban J connectivity index is 0.853. The standard InChI is InChI=1S/C40H56I2N4/c41-37(45-33-23-15-11-19-29(33)39(43)30-20-12-16-24-34(30)45)27-9-7-5-3-1-2-4-6-8-10-28-38(42)46-35-25-17-13-21-31(35)40(44)32-22-14-18-26-36(32)46/h11,13,15,17,19,21,23,25,37-40H,1-10,12,14,16,18,20,22,24,26-28,43-44H2. The molecule has 0 spiro atoms. The maximum atomic E-state index is 6.76. The molecule has 4 aliphatic rings. The van der Waals surface area contributed by atoms with Crippen molar-refractivity contribution in [1.29, 1.82) is 0 Å². The fourth-order valence-corrected chi connectivity index (χ4v) is 10.7. The number of halogens is 2. The average Bonchev–Trinajstić information content (AvgIpc) is 3.09. The van der Waals surface area contributed by atoms with E-state index in [1.54, 1.807) is 11.4 Å². The normalized spacial score (nSPS) is 22.3. The van der Waals surface area contributed by atoms with Crippen LogP contribution in [0.25, 0.3) is 0 Å². The van der Waals surface area contributed by atoms with Gasteiger partial charge in [-0.25, -0.2) is 0 Å². The van der Waals surface area contributed by atoms with Crippen LogP contribution in [0.15, 0.2) is 71.1 Å². The second kappa shape index (κ2) is 17.0. The van der Waals surface area contributed by atoms with Crippen LogP contribution < -0.4 is 21.3 Å². The van der Waals surface area contributed by atoms with Crippen LogP contribution >= 0.6 is 45.2 Å². The lowest BCUT2D eigenvalue weighted by Crippen LogP contribution is -2.38. The number of nitrogens with two attached hydrogens (primary N) is 2. The number of fused-ring (bicyclic) bond motifs is 2. The molecule has 2 aliphatic heterocycles. The van der Waals surface area contributed by atoms with Crippen LogP contribution in [0.5, 0.6) is 0 Å². The molecule has 6 heteroatoms. The molecule has 4 atom stereocenters. The van der Waals surface area contributed by atoms with Gasteiger partial charge >= 0.3 is 0 Å². The highest BCUT2D eigenvalue weighted by molar-refractivity contribution is 14.1. The Labute approximate surface area is 306 Å². The SMILES string of the molecule is NC1C2=C(CCCC2)N(C(I)CCCCCCCCCCCCC(I)N2C3=C(CCCC3)C(N)c3ccccc32)c2ccccc21. The Hall–Kier alpha value is -1.10. The second-order valence-electron chi connectivity index (χ2n) is 14.2. The van der Waals surface area contributed by atoms with Crippen molar-refractivity contribution in [3.05, 3.63) is 82.2 Å². The van der Waals surface area contributed by atoms with Gasteiger partial charge < -0.3 is 21.3 Å². The average molecular weight is 847 g/mol. The van der Waals surface area contributed by atoms with Crippen molar-refractivity contribution in [2.45, 2.75) is 149 Å². The summed E-state index contributed by atoms with van der Waals surface area (Å²) in [7, 11) is 0. The summed E-state index contributed by atoms with van der Waals surface area (Å²) >= 11 is 5.42. The topological polar surface area (TPSA) is 58.5 Å². The third kappa shape index (κ3) is 7.86. The summed E-state index contributed by atoms with van der Waals surface area (Å²) in [5.74, 6) is 0. The van der Waals surface area contributed by atoms with Gasteiger partial charge in [0.1, 0.15) is 0 Å². The fraction of sp³-hybridized carbons (Fsp3) is 0.600. The van der Waals surface area contributed by atoms with E-state index in [1.807, 2.05) is 0 Å². The summed E-state index contributed by atoms with van der Waals surface area (Å²) in [6.45, 7) is 0. The molecule has 0 aromatic heterocycles. The van der Waals surface area contributed by atoms with Crippen molar-refractivity contribution in [2.75, 3.05) is 9.80 Å². The lowest BCUT2D eigenvalue weighted by molar-refractivity contribution is 0.530. The summed E-state index contributed by atoms with van der Waals surface area (Å²) in [5, 5.41) is 0. The molecule has 2 aromatic carbocycles. The number of para-hydroxylation sites is 2. The number of hydrogen-bond acceptors (Lipinski definition) is 4. The van der Waals surface area contributed by atoms with Gasteiger partial charge in [0, 0.05) is 22.8 Å². The van der Waals surface area contributed by atoms with E-state index in [1.165, 1.54) is 162 Å². The molecule has 0 radical (unpaired) electrons. The Kier molecular flexibility index (Phi) is 12.9. The molecule has 0 fully saturated rings. The number of rotatable bonds is 15. The zero-order valence-corrected chi connectivity index (χ0v) is 32.2. The van der Waals surface area contributed by atoms with Gasteiger partial charge in [-0.2, -0.15) is 0 Å². The first kappa shape index (κ1) is 34.8. The van der Waals surface area contributed by atoms with Crippen LogP contribution in [-0.4, -0.2) is 8.10 Å². The highest BCUT2D eigenvalue weighted by Crippen LogP contribution is 2.48. The summed E-state index contributed by atoms with van der Waals surface area (Å²) < 4.78 is 1.03. The molecule has 4 N–H and O–H groups in total. The van der Waals surface area contributed by atoms with Crippen molar-refractivity contribution in [3.63, 3.8) is 0 Å². The maximum Gasteiger partial charge on any atom is 0.0855 e. The quantitative estimate of drug-likeness (QED) is 0.0811. The van der Waals surface area contributed by atoms with Gasteiger partial charge in [-0.1, -0.05) is 146 Å². The molecule has 0 saturated heterocycles. The number of alkyl halides is 2.